The van der Waals surface area contributed by atoms with Gasteiger partial charge in [-0.1, -0.05) is 18.2 Å². The molecule has 0 aliphatic carbocycles. The highest BCUT2D eigenvalue weighted by Gasteiger charge is 2.16. The lowest BCUT2D eigenvalue weighted by molar-refractivity contribution is -0.142. The number of aliphatic hydroxyl groups is 1. The van der Waals surface area contributed by atoms with Crippen LogP contribution in [0.15, 0.2) is 54.3 Å². The van der Waals surface area contributed by atoms with E-state index < -0.39 is 37.4 Å². The Bertz CT molecular complexity index is 1180. The molecule has 1 heterocycles. The fourth-order valence-corrected chi connectivity index (χ4v) is 2.67. The Morgan fingerprint density at radius 2 is 2.00 bits per heavy atom. The number of alkyl halides is 2. The first-order chi connectivity index (χ1) is 15.4. The summed E-state index contributed by atoms with van der Waals surface area (Å²) < 4.78 is 33.6. The summed E-state index contributed by atoms with van der Waals surface area (Å²) in [4.78, 5) is 31.0. The number of imidazole rings is 1. The maximum atomic E-state index is 12.3. The lowest BCUT2D eigenvalue weighted by Crippen LogP contribution is -2.31. The first kappa shape index (κ1) is 22.2. The van der Waals surface area contributed by atoms with E-state index in [-0.39, 0.29) is 22.7 Å². The summed E-state index contributed by atoms with van der Waals surface area (Å²) in [6.07, 6.45) is 0. The van der Waals surface area contributed by atoms with Crippen LogP contribution in [0.25, 0.3) is 16.6 Å². The number of ether oxygens (including phenoxy) is 2. The molecule has 1 aromatic heterocycles. The second kappa shape index (κ2) is 10.0. The van der Waals surface area contributed by atoms with E-state index >= 15 is 0 Å². The van der Waals surface area contributed by atoms with Crippen molar-refractivity contribution in [2.75, 3.05) is 13.2 Å². The van der Waals surface area contributed by atoms with Gasteiger partial charge in [0.25, 0.3) is 5.91 Å². The minimum atomic E-state index is -3.04. The summed E-state index contributed by atoms with van der Waals surface area (Å²) in [7, 11) is 0. The number of aromatic nitrogens is 2. The minimum absolute atomic E-state index is 0.00431. The SMILES string of the molecule is N#C/C(=C(/O)COC(=O)CNC(=O)c1cccc(OC(F)F)c1)c1nc2ccccc2[nH]1. The predicted molar refractivity (Wildman–Crippen MR) is 108 cm³/mol. The number of aliphatic hydroxyl groups excluding tert-OH is 1. The van der Waals surface area contributed by atoms with E-state index in [2.05, 4.69) is 20.0 Å². The fraction of sp³-hybridized carbons (Fsp3) is 0.143. The van der Waals surface area contributed by atoms with Gasteiger partial charge < -0.3 is 24.9 Å². The maximum Gasteiger partial charge on any atom is 0.387 e. The summed E-state index contributed by atoms with van der Waals surface area (Å²) in [5.41, 5.74) is 1.04. The van der Waals surface area contributed by atoms with Crippen LogP contribution in [0.5, 0.6) is 5.75 Å². The zero-order valence-corrected chi connectivity index (χ0v) is 16.3. The molecular formula is C21H16F2N4O5. The van der Waals surface area contributed by atoms with Gasteiger partial charge in [-0.3, -0.25) is 9.59 Å². The van der Waals surface area contributed by atoms with Gasteiger partial charge in [-0.15, -0.1) is 0 Å². The third-order valence-electron chi connectivity index (χ3n) is 4.11. The van der Waals surface area contributed by atoms with Gasteiger partial charge in [0.2, 0.25) is 0 Å². The molecule has 0 atom stereocenters. The highest BCUT2D eigenvalue weighted by molar-refractivity contribution is 5.96. The maximum absolute atomic E-state index is 12.3. The van der Waals surface area contributed by atoms with Gasteiger partial charge in [-0.25, -0.2) is 4.98 Å². The van der Waals surface area contributed by atoms with Crippen LogP contribution in [-0.4, -0.2) is 46.7 Å². The number of rotatable bonds is 8. The molecule has 11 heteroatoms. The minimum Gasteiger partial charge on any atom is -0.507 e. The van der Waals surface area contributed by atoms with Gasteiger partial charge in [0.15, 0.2) is 11.6 Å². The molecule has 9 nitrogen and oxygen atoms in total. The second-order valence-corrected chi connectivity index (χ2v) is 6.29. The Hall–Kier alpha value is -4.46. The molecule has 0 spiro atoms. The van der Waals surface area contributed by atoms with Crippen LogP contribution in [0, 0.1) is 11.3 Å². The molecule has 3 aromatic rings. The number of H-pyrrole nitrogens is 1. The highest BCUT2D eigenvalue weighted by Crippen LogP contribution is 2.19. The Kier molecular flexibility index (Phi) is 6.97. The molecule has 0 aliphatic heterocycles. The fourth-order valence-electron chi connectivity index (χ4n) is 2.67. The molecule has 0 unspecified atom stereocenters. The van der Waals surface area contributed by atoms with E-state index in [1.54, 1.807) is 30.3 Å². The van der Waals surface area contributed by atoms with Crippen molar-refractivity contribution in [3.05, 3.63) is 65.7 Å². The van der Waals surface area contributed by atoms with Crippen LogP contribution in [-0.2, 0) is 9.53 Å². The van der Waals surface area contributed by atoms with Crippen molar-refractivity contribution in [2.24, 2.45) is 0 Å². The number of halogens is 2. The van der Waals surface area contributed by atoms with Gasteiger partial charge >= 0.3 is 12.6 Å². The summed E-state index contributed by atoms with van der Waals surface area (Å²) >= 11 is 0. The van der Waals surface area contributed by atoms with Gasteiger partial charge in [-0.2, -0.15) is 14.0 Å². The lowest BCUT2D eigenvalue weighted by Gasteiger charge is -2.08. The molecule has 1 amide bonds. The normalized spacial score (nSPS) is 11.6. The number of nitrogens with one attached hydrogen (secondary N) is 2. The first-order valence-electron chi connectivity index (χ1n) is 9.13. The number of allylic oxidation sites excluding steroid dienone is 1. The van der Waals surface area contributed by atoms with Crippen molar-refractivity contribution in [3.8, 4) is 11.8 Å². The summed E-state index contributed by atoms with van der Waals surface area (Å²) in [5.74, 6) is -2.24. The first-order valence-corrected chi connectivity index (χ1v) is 9.13. The monoisotopic (exact) mass is 442 g/mol. The number of benzene rings is 2. The number of amides is 1. The highest BCUT2D eigenvalue weighted by atomic mass is 19.3. The van der Waals surface area contributed by atoms with Crippen LogP contribution in [0.2, 0.25) is 0 Å². The van der Waals surface area contributed by atoms with Crippen LogP contribution < -0.4 is 10.1 Å². The zero-order chi connectivity index (χ0) is 23.1. The number of nitriles is 1. The topological polar surface area (TPSA) is 137 Å². The number of carbonyl (C=O) groups is 2. The van der Waals surface area contributed by atoms with Crippen molar-refractivity contribution in [3.63, 3.8) is 0 Å². The summed E-state index contributed by atoms with van der Waals surface area (Å²) in [5, 5.41) is 21.7. The average molecular weight is 442 g/mol. The molecule has 0 aliphatic rings. The number of hydrogen-bond donors (Lipinski definition) is 3. The number of esters is 1. The van der Waals surface area contributed by atoms with E-state index in [4.69, 9.17) is 4.74 Å². The van der Waals surface area contributed by atoms with Crippen molar-refractivity contribution in [2.45, 2.75) is 6.61 Å². The Morgan fingerprint density at radius 1 is 1.22 bits per heavy atom. The standard InChI is InChI=1S/C21H16F2N4O5/c22-21(23)32-13-5-3-4-12(8-13)20(30)25-10-18(29)31-11-17(28)14(9-24)19-26-15-6-1-2-7-16(15)27-19/h1-8,21,28H,10-11H2,(H,25,30)(H,26,27)/b17-14-. The summed E-state index contributed by atoms with van der Waals surface area (Å²) in [6.45, 7) is -4.22. The molecule has 0 bridgehead atoms. The Morgan fingerprint density at radius 3 is 2.72 bits per heavy atom. The van der Waals surface area contributed by atoms with Crippen molar-refractivity contribution < 1.29 is 33.0 Å². The summed E-state index contributed by atoms with van der Waals surface area (Å²) in [6, 6.07) is 13.8. The molecule has 2 aromatic carbocycles. The van der Waals surface area contributed by atoms with Crippen LogP contribution in [0.3, 0.4) is 0 Å². The Labute approximate surface area is 179 Å². The number of nitrogens with zero attached hydrogens (tertiary/aromatic N) is 2. The predicted octanol–water partition coefficient (Wildman–Crippen LogP) is 2.93. The smallest absolute Gasteiger partial charge is 0.387 e. The van der Waals surface area contributed by atoms with Crippen molar-refractivity contribution >= 4 is 28.5 Å². The van der Waals surface area contributed by atoms with E-state index in [1.165, 1.54) is 18.2 Å². The third-order valence-corrected chi connectivity index (χ3v) is 4.11. The van der Waals surface area contributed by atoms with Gasteiger partial charge in [-0.05, 0) is 30.3 Å². The zero-order valence-electron chi connectivity index (χ0n) is 16.3. The third kappa shape index (κ3) is 5.57. The van der Waals surface area contributed by atoms with Crippen molar-refractivity contribution in [1.29, 1.82) is 5.26 Å². The number of aromatic amines is 1. The Balaban J connectivity index is 1.56. The molecule has 0 fully saturated rings. The van der Waals surface area contributed by atoms with Crippen LogP contribution >= 0.6 is 0 Å². The van der Waals surface area contributed by atoms with Crippen molar-refractivity contribution in [1.82, 2.24) is 15.3 Å². The number of para-hydroxylation sites is 2. The van der Waals surface area contributed by atoms with E-state index in [1.807, 2.05) is 0 Å². The quantitative estimate of drug-likeness (QED) is 0.277. The van der Waals surface area contributed by atoms with Gasteiger partial charge in [0, 0.05) is 5.56 Å². The molecule has 3 N–H and O–H groups in total. The molecule has 0 radical (unpaired) electrons. The molecule has 164 valence electrons. The van der Waals surface area contributed by atoms with Crippen LogP contribution in [0.1, 0.15) is 16.2 Å². The number of hydrogen-bond acceptors (Lipinski definition) is 7. The molecular weight excluding hydrogens is 426 g/mol. The molecule has 3 rings (SSSR count). The molecule has 32 heavy (non-hydrogen) atoms. The number of fused-ring (bicyclic) bond motifs is 1. The van der Waals surface area contributed by atoms with E-state index in [0.717, 1.165) is 6.07 Å². The second-order valence-electron chi connectivity index (χ2n) is 6.29. The van der Waals surface area contributed by atoms with Crippen LogP contribution in [0.4, 0.5) is 8.78 Å². The van der Waals surface area contributed by atoms with Gasteiger partial charge in [0.05, 0.1) is 11.0 Å². The van der Waals surface area contributed by atoms with Gasteiger partial charge in [0.1, 0.15) is 30.5 Å². The molecule has 0 saturated carbocycles. The largest absolute Gasteiger partial charge is 0.507 e. The van der Waals surface area contributed by atoms with E-state index in [0.29, 0.717) is 11.0 Å². The molecule has 0 saturated heterocycles. The number of carbonyl (C=O) groups excluding carboxylic acids is 2. The average Bonchev–Trinajstić information content (AvgIpc) is 3.20. The van der Waals surface area contributed by atoms with E-state index in [9.17, 15) is 28.7 Å². The lowest BCUT2D eigenvalue weighted by atomic mass is 10.2.